The third-order valence-electron chi connectivity index (χ3n) is 5.87. The molecule has 174 valence electrons. The van der Waals surface area contributed by atoms with E-state index in [9.17, 15) is 14.4 Å². The van der Waals surface area contributed by atoms with Crippen molar-refractivity contribution < 1.29 is 13.6 Å². The van der Waals surface area contributed by atoms with Crippen molar-refractivity contribution in [2.45, 2.75) is 26.2 Å². The molecule has 1 aromatic heterocycles. The second-order valence-electron chi connectivity index (χ2n) is 9.31. The first-order valence-electron chi connectivity index (χ1n) is 11.2. The Hall–Kier alpha value is -3.92. The highest BCUT2D eigenvalue weighted by Gasteiger charge is 2.26. The maximum atomic E-state index is 13.1. The highest BCUT2D eigenvalue weighted by Crippen LogP contribution is 2.26. The summed E-state index contributed by atoms with van der Waals surface area (Å²) in [4.78, 5) is 21.0. The number of benzene rings is 2. The number of rotatable bonds is 4. The van der Waals surface area contributed by atoms with E-state index in [4.69, 9.17) is 4.42 Å². The lowest BCUT2D eigenvalue weighted by molar-refractivity contribution is 0.0745. The van der Waals surface area contributed by atoms with Gasteiger partial charge in [-0.2, -0.15) is 10.2 Å². The number of carbonyl (C=O) groups excluding carboxylic acids is 1. The van der Waals surface area contributed by atoms with Gasteiger partial charge in [0.2, 0.25) is 17.5 Å². The molecule has 0 unspecified atom stereocenters. The van der Waals surface area contributed by atoms with Crippen molar-refractivity contribution >= 4 is 23.9 Å². The van der Waals surface area contributed by atoms with Crippen LogP contribution in [0, 0.1) is 17.1 Å². The predicted molar refractivity (Wildman–Crippen MR) is 130 cm³/mol. The van der Waals surface area contributed by atoms with Gasteiger partial charge in [0, 0.05) is 37.8 Å². The molecule has 0 saturated carbocycles. The molecular formula is C27H27FN4O2. The molecule has 6 nitrogen and oxygen atoms in total. The quantitative estimate of drug-likeness (QED) is 0.543. The van der Waals surface area contributed by atoms with E-state index < -0.39 is 0 Å². The van der Waals surface area contributed by atoms with Gasteiger partial charge in [-0.25, -0.2) is 4.39 Å². The van der Waals surface area contributed by atoms with Gasteiger partial charge >= 0.3 is 0 Å². The van der Waals surface area contributed by atoms with Gasteiger partial charge in [-0.3, -0.25) is 4.79 Å². The number of aromatic nitrogens is 1. The van der Waals surface area contributed by atoms with Crippen LogP contribution in [0.15, 0.2) is 52.9 Å². The molecule has 0 bridgehead atoms. The Morgan fingerprint density at radius 1 is 1.03 bits per heavy atom. The van der Waals surface area contributed by atoms with Crippen LogP contribution < -0.4 is 4.90 Å². The van der Waals surface area contributed by atoms with Crippen LogP contribution in [0.25, 0.3) is 12.2 Å². The fourth-order valence-electron chi connectivity index (χ4n) is 3.84. The van der Waals surface area contributed by atoms with E-state index in [0.29, 0.717) is 43.5 Å². The number of hydrogen-bond acceptors (Lipinski definition) is 5. The van der Waals surface area contributed by atoms with Crippen LogP contribution in [-0.2, 0) is 5.41 Å². The minimum absolute atomic E-state index is 0.00102. The molecule has 2 aromatic carbocycles. The predicted octanol–water partition coefficient (Wildman–Crippen LogP) is 5.12. The largest absolute Gasteiger partial charge is 0.420 e. The van der Waals surface area contributed by atoms with E-state index >= 15 is 0 Å². The average molecular weight is 459 g/mol. The molecule has 0 radical (unpaired) electrons. The fourth-order valence-corrected chi connectivity index (χ4v) is 3.84. The van der Waals surface area contributed by atoms with E-state index in [-0.39, 0.29) is 22.8 Å². The van der Waals surface area contributed by atoms with Gasteiger partial charge in [0.15, 0.2) is 0 Å². The van der Waals surface area contributed by atoms with Gasteiger partial charge in [-0.05, 0) is 46.9 Å². The Kier molecular flexibility index (Phi) is 6.51. The summed E-state index contributed by atoms with van der Waals surface area (Å²) in [6.45, 7) is 8.55. The number of nitrogens with zero attached hydrogens (tertiary/aromatic N) is 4. The number of hydrogen-bond donors (Lipinski definition) is 0. The van der Waals surface area contributed by atoms with Crippen molar-refractivity contribution in [2.24, 2.45) is 0 Å². The summed E-state index contributed by atoms with van der Waals surface area (Å²) >= 11 is 0. The molecule has 34 heavy (non-hydrogen) atoms. The number of carbonyl (C=O) groups is 1. The van der Waals surface area contributed by atoms with Gasteiger partial charge in [0.1, 0.15) is 11.9 Å². The number of oxazole rings is 1. The summed E-state index contributed by atoms with van der Waals surface area (Å²) in [7, 11) is 0. The maximum Gasteiger partial charge on any atom is 0.253 e. The Morgan fingerprint density at radius 3 is 2.26 bits per heavy atom. The zero-order valence-corrected chi connectivity index (χ0v) is 19.6. The third kappa shape index (κ3) is 5.18. The van der Waals surface area contributed by atoms with Crippen LogP contribution >= 0.6 is 0 Å². The molecule has 1 amide bonds. The minimum atomic E-state index is -0.304. The first-order chi connectivity index (χ1) is 16.2. The second kappa shape index (κ2) is 9.52. The summed E-state index contributed by atoms with van der Waals surface area (Å²) in [6.07, 6.45) is 3.40. The first kappa shape index (κ1) is 23.2. The molecule has 0 spiro atoms. The summed E-state index contributed by atoms with van der Waals surface area (Å²) in [5.41, 5.74) is 2.90. The lowest BCUT2D eigenvalue weighted by Crippen LogP contribution is -2.48. The molecule has 4 rings (SSSR count). The number of halogens is 1. The number of piperazine rings is 1. The number of amides is 1. The van der Waals surface area contributed by atoms with E-state index in [1.165, 1.54) is 17.7 Å². The molecule has 3 aromatic rings. The molecule has 0 atom stereocenters. The van der Waals surface area contributed by atoms with Gasteiger partial charge in [-0.15, -0.1) is 0 Å². The summed E-state index contributed by atoms with van der Waals surface area (Å²) in [6, 6.07) is 15.9. The molecule has 1 saturated heterocycles. The Bertz CT molecular complexity index is 1220. The summed E-state index contributed by atoms with van der Waals surface area (Å²) in [5.74, 6) is 0.402. The van der Waals surface area contributed by atoms with E-state index in [1.54, 1.807) is 24.3 Å². The van der Waals surface area contributed by atoms with Gasteiger partial charge in [0.05, 0.1) is 0 Å². The molecular weight excluding hydrogens is 431 g/mol. The van der Waals surface area contributed by atoms with Gasteiger partial charge < -0.3 is 14.2 Å². The smallest absolute Gasteiger partial charge is 0.253 e. The minimum Gasteiger partial charge on any atom is -0.420 e. The molecule has 2 heterocycles. The molecule has 7 heteroatoms. The SMILES string of the molecule is CC(C)(C)c1ccc(C(=O)N2CCN(c3oc(C=Cc4ccc(F)cc4)nc3C#N)CC2)cc1. The molecule has 0 aliphatic carbocycles. The van der Waals surface area contributed by atoms with Crippen molar-refractivity contribution in [1.82, 2.24) is 9.88 Å². The van der Waals surface area contributed by atoms with E-state index in [1.807, 2.05) is 34.1 Å². The molecule has 1 aliphatic rings. The number of nitriles is 1. The third-order valence-corrected chi connectivity index (χ3v) is 5.87. The average Bonchev–Trinajstić information content (AvgIpc) is 3.26. The standard InChI is InChI=1S/C27H27FN4O2/c1-27(2,3)21-9-7-20(8-10-21)25(33)31-14-16-32(17-15-31)26-23(18-29)30-24(34-26)13-6-19-4-11-22(28)12-5-19/h4-13H,14-17H2,1-3H3. The molecule has 0 N–H and O–H groups in total. The van der Waals surface area contributed by atoms with Crippen LogP contribution in [0.3, 0.4) is 0 Å². The lowest BCUT2D eigenvalue weighted by Gasteiger charge is -2.34. The summed E-state index contributed by atoms with van der Waals surface area (Å²) in [5, 5.41) is 9.52. The second-order valence-corrected chi connectivity index (χ2v) is 9.31. The fraction of sp³-hybridized carbons (Fsp3) is 0.296. The van der Waals surface area contributed by atoms with E-state index in [2.05, 4.69) is 31.8 Å². The topological polar surface area (TPSA) is 73.4 Å². The number of anilines is 1. The lowest BCUT2D eigenvalue weighted by atomic mass is 9.86. The molecule has 1 aliphatic heterocycles. The normalized spacial score (nSPS) is 14.4. The molecule has 1 fully saturated rings. The Labute approximate surface area is 198 Å². The van der Waals surface area contributed by atoms with E-state index in [0.717, 1.165) is 5.56 Å². The van der Waals surface area contributed by atoms with Crippen molar-refractivity contribution in [2.75, 3.05) is 31.1 Å². The van der Waals surface area contributed by atoms with Crippen molar-refractivity contribution in [3.8, 4) is 6.07 Å². The summed E-state index contributed by atoms with van der Waals surface area (Å²) < 4.78 is 18.9. The van der Waals surface area contributed by atoms with Crippen LogP contribution in [0.5, 0.6) is 0 Å². The van der Waals surface area contributed by atoms with Crippen molar-refractivity contribution in [3.05, 3.63) is 82.6 Å². The monoisotopic (exact) mass is 458 g/mol. The van der Waals surface area contributed by atoms with Crippen LogP contribution in [0.2, 0.25) is 0 Å². The highest BCUT2D eigenvalue weighted by atomic mass is 19.1. The zero-order valence-electron chi connectivity index (χ0n) is 19.6. The maximum absolute atomic E-state index is 13.1. The Morgan fingerprint density at radius 2 is 1.68 bits per heavy atom. The highest BCUT2D eigenvalue weighted by molar-refractivity contribution is 5.94. The van der Waals surface area contributed by atoms with Crippen molar-refractivity contribution in [3.63, 3.8) is 0 Å². The van der Waals surface area contributed by atoms with Crippen LogP contribution in [-0.4, -0.2) is 42.0 Å². The van der Waals surface area contributed by atoms with Crippen molar-refractivity contribution in [1.29, 1.82) is 5.26 Å². The van der Waals surface area contributed by atoms with Crippen LogP contribution in [0.1, 0.15) is 53.8 Å². The van der Waals surface area contributed by atoms with Crippen LogP contribution in [0.4, 0.5) is 10.3 Å². The van der Waals surface area contributed by atoms with Gasteiger partial charge in [-0.1, -0.05) is 45.0 Å². The van der Waals surface area contributed by atoms with Gasteiger partial charge in [0.25, 0.3) is 5.91 Å². The Balaban J connectivity index is 1.41. The zero-order chi connectivity index (χ0) is 24.3. The first-order valence-corrected chi connectivity index (χ1v) is 11.2.